The quantitative estimate of drug-likeness (QED) is 0.797. The van der Waals surface area contributed by atoms with Crippen molar-refractivity contribution < 1.29 is 9.59 Å². The molecule has 150 valence electrons. The molecule has 3 heterocycles. The normalized spacial score (nSPS) is 21.4. The number of nitrogens with one attached hydrogen (secondary N) is 2. The van der Waals surface area contributed by atoms with Crippen molar-refractivity contribution in [3.8, 4) is 0 Å². The van der Waals surface area contributed by atoms with Crippen molar-refractivity contribution in [3.63, 3.8) is 0 Å². The van der Waals surface area contributed by atoms with E-state index in [2.05, 4.69) is 29.6 Å². The van der Waals surface area contributed by atoms with Crippen molar-refractivity contribution in [1.82, 2.24) is 25.3 Å². The maximum absolute atomic E-state index is 12.5. The van der Waals surface area contributed by atoms with Crippen LogP contribution >= 0.6 is 0 Å². The fourth-order valence-corrected chi connectivity index (χ4v) is 4.12. The van der Waals surface area contributed by atoms with Crippen molar-refractivity contribution in [1.29, 1.82) is 0 Å². The van der Waals surface area contributed by atoms with Gasteiger partial charge in [-0.2, -0.15) is 5.10 Å². The summed E-state index contributed by atoms with van der Waals surface area (Å²) in [7, 11) is 0. The Bertz CT molecular complexity index is 626. The van der Waals surface area contributed by atoms with Gasteiger partial charge < -0.3 is 15.5 Å². The van der Waals surface area contributed by atoms with Crippen LogP contribution in [0.15, 0.2) is 12.3 Å². The molecule has 2 fully saturated rings. The Balaban J connectivity index is 1.48. The van der Waals surface area contributed by atoms with E-state index in [1.807, 2.05) is 15.8 Å². The zero-order valence-corrected chi connectivity index (χ0v) is 16.6. The van der Waals surface area contributed by atoms with E-state index in [1.54, 1.807) is 6.07 Å². The molecule has 0 spiro atoms. The van der Waals surface area contributed by atoms with E-state index in [-0.39, 0.29) is 23.8 Å². The summed E-state index contributed by atoms with van der Waals surface area (Å²) < 4.78 is 1.91. The number of aromatic nitrogens is 2. The molecule has 2 saturated heterocycles. The Morgan fingerprint density at radius 3 is 2.63 bits per heavy atom. The molecule has 2 aliphatic rings. The summed E-state index contributed by atoms with van der Waals surface area (Å²) in [6, 6.07) is 2.25. The van der Waals surface area contributed by atoms with Gasteiger partial charge in [0.2, 0.25) is 5.91 Å². The minimum Gasteiger partial charge on any atom is -0.348 e. The maximum atomic E-state index is 12.5. The Hall–Kier alpha value is -1.89. The summed E-state index contributed by atoms with van der Waals surface area (Å²) in [5, 5.41) is 11.0. The zero-order chi connectivity index (χ0) is 19.2. The Kier molecular flexibility index (Phi) is 6.88. The van der Waals surface area contributed by atoms with E-state index in [0.717, 1.165) is 64.7 Å². The molecular weight excluding hydrogens is 342 g/mol. The predicted octanol–water partition coefficient (Wildman–Crippen LogP) is 1.96. The maximum Gasteiger partial charge on any atom is 0.271 e. The first-order valence-corrected chi connectivity index (χ1v) is 10.5. The fraction of sp³-hybridized carbons (Fsp3) is 0.750. The van der Waals surface area contributed by atoms with Crippen molar-refractivity contribution in [2.75, 3.05) is 26.2 Å². The SMILES string of the molecule is CCC(CC)C(=O)N1CCC(NC(=O)c2ccn(C3CCCNC3)n2)CC1. The molecule has 2 aliphatic heterocycles. The van der Waals surface area contributed by atoms with Crippen LogP contribution in [0.2, 0.25) is 0 Å². The Labute approximate surface area is 161 Å². The van der Waals surface area contributed by atoms with Crippen LogP contribution in [0.4, 0.5) is 0 Å². The molecular formula is C20H33N5O2. The van der Waals surface area contributed by atoms with E-state index in [9.17, 15) is 9.59 Å². The van der Waals surface area contributed by atoms with Gasteiger partial charge in [-0.3, -0.25) is 14.3 Å². The van der Waals surface area contributed by atoms with E-state index in [0.29, 0.717) is 11.7 Å². The van der Waals surface area contributed by atoms with Gasteiger partial charge in [-0.15, -0.1) is 0 Å². The molecule has 3 rings (SSSR count). The minimum absolute atomic E-state index is 0.109. The van der Waals surface area contributed by atoms with Crippen LogP contribution in [0.5, 0.6) is 0 Å². The molecule has 1 aromatic rings. The average molecular weight is 376 g/mol. The second-order valence-electron chi connectivity index (χ2n) is 7.77. The van der Waals surface area contributed by atoms with Crippen LogP contribution in [0.3, 0.4) is 0 Å². The zero-order valence-electron chi connectivity index (χ0n) is 16.6. The van der Waals surface area contributed by atoms with Crippen LogP contribution in [0.25, 0.3) is 0 Å². The van der Waals surface area contributed by atoms with Gasteiger partial charge in [-0.05, 0) is 51.1 Å². The van der Waals surface area contributed by atoms with Gasteiger partial charge >= 0.3 is 0 Å². The molecule has 0 aliphatic carbocycles. The molecule has 0 bridgehead atoms. The largest absolute Gasteiger partial charge is 0.348 e. The summed E-state index contributed by atoms with van der Waals surface area (Å²) in [5.41, 5.74) is 0.483. The first kappa shape index (κ1) is 19.9. The monoisotopic (exact) mass is 375 g/mol. The van der Waals surface area contributed by atoms with Crippen LogP contribution in [-0.4, -0.2) is 58.7 Å². The van der Waals surface area contributed by atoms with Crippen molar-refractivity contribution >= 4 is 11.8 Å². The van der Waals surface area contributed by atoms with Crippen LogP contribution in [0.1, 0.15) is 68.9 Å². The average Bonchev–Trinajstić information content (AvgIpc) is 3.20. The second-order valence-corrected chi connectivity index (χ2v) is 7.77. The standard InChI is InChI=1S/C20H33N5O2/c1-3-15(4-2)20(27)24-11-7-16(8-12-24)22-19(26)18-9-13-25(23-18)17-6-5-10-21-14-17/h9,13,15-17,21H,3-8,10-12,14H2,1-2H3,(H,22,26). The lowest BCUT2D eigenvalue weighted by Crippen LogP contribution is -2.48. The highest BCUT2D eigenvalue weighted by Crippen LogP contribution is 2.18. The number of hydrogen-bond acceptors (Lipinski definition) is 4. The lowest BCUT2D eigenvalue weighted by atomic mass is 9.98. The van der Waals surface area contributed by atoms with E-state index in [4.69, 9.17) is 0 Å². The molecule has 0 saturated carbocycles. The number of hydrogen-bond donors (Lipinski definition) is 2. The van der Waals surface area contributed by atoms with Crippen molar-refractivity contribution in [2.24, 2.45) is 5.92 Å². The number of rotatable bonds is 6. The second kappa shape index (κ2) is 9.35. The van der Waals surface area contributed by atoms with Gasteiger partial charge in [0.15, 0.2) is 0 Å². The van der Waals surface area contributed by atoms with Crippen molar-refractivity contribution in [2.45, 2.75) is 64.5 Å². The number of carbonyl (C=O) groups excluding carboxylic acids is 2. The molecule has 2 N–H and O–H groups in total. The smallest absolute Gasteiger partial charge is 0.271 e. The molecule has 7 heteroatoms. The Morgan fingerprint density at radius 1 is 1.26 bits per heavy atom. The number of likely N-dealkylation sites (tertiary alicyclic amines) is 1. The predicted molar refractivity (Wildman–Crippen MR) is 105 cm³/mol. The number of carbonyl (C=O) groups is 2. The van der Waals surface area contributed by atoms with Crippen molar-refractivity contribution in [3.05, 3.63) is 18.0 Å². The molecule has 0 aromatic carbocycles. The van der Waals surface area contributed by atoms with Gasteiger partial charge in [0.25, 0.3) is 5.91 Å². The molecule has 27 heavy (non-hydrogen) atoms. The van der Waals surface area contributed by atoms with Gasteiger partial charge in [0, 0.05) is 37.8 Å². The summed E-state index contributed by atoms with van der Waals surface area (Å²) in [5.74, 6) is 0.293. The number of amides is 2. The third kappa shape index (κ3) is 4.89. The summed E-state index contributed by atoms with van der Waals surface area (Å²) in [6.07, 6.45) is 7.55. The first-order valence-electron chi connectivity index (χ1n) is 10.5. The van der Waals surface area contributed by atoms with Gasteiger partial charge in [-0.1, -0.05) is 13.8 Å². The Morgan fingerprint density at radius 2 is 2.00 bits per heavy atom. The van der Waals surface area contributed by atoms with E-state index < -0.39 is 0 Å². The highest BCUT2D eigenvalue weighted by molar-refractivity contribution is 5.92. The highest BCUT2D eigenvalue weighted by Gasteiger charge is 2.27. The van der Waals surface area contributed by atoms with Crippen LogP contribution < -0.4 is 10.6 Å². The summed E-state index contributed by atoms with van der Waals surface area (Å²) in [6.45, 7) is 7.56. The fourth-order valence-electron chi connectivity index (χ4n) is 4.12. The highest BCUT2D eigenvalue weighted by atomic mass is 16.2. The van der Waals surface area contributed by atoms with E-state index >= 15 is 0 Å². The third-order valence-electron chi connectivity index (χ3n) is 5.96. The third-order valence-corrected chi connectivity index (χ3v) is 5.96. The molecule has 0 radical (unpaired) electrons. The number of piperidine rings is 2. The van der Waals surface area contributed by atoms with Gasteiger partial charge in [0.05, 0.1) is 6.04 Å². The molecule has 7 nitrogen and oxygen atoms in total. The van der Waals surface area contributed by atoms with Gasteiger partial charge in [0.1, 0.15) is 5.69 Å². The molecule has 1 aromatic heterocycles. The summed E-state index contributed by atoms with van der Waals surface area (Å²) in [4.78, 5) is 27.0. The van der Waals surface area contributed by atoms with Crippen LogP contribution in [0, 0.1) is 5.92 Å². The lowest BCUT2D eigenvalue weighted by molar-refractivity contribution is -0.136. The lowest BCUT2D eigenvalue weighted by Gasteiger charge is -2.34. The molecule has 1 unspecified atom stereocenters. The van der Waals surface area contributed by atoms with Gasteiger partial charge in [-0.25, -0.2) is 0 Å². The molecule has 1 atom stereocenters. The summed E-state index contributed by atoms with van der Waals surface area (Å²) >= 11 is 0. The minimum atomic E-state index is -0.109. The van der Waals surface area contributed by atoms with Crippen LogP contribution in [-0.2, 0) is 4.79 Å². The number of nitrogens with zero attached hydrogens (tertiary/aromatic N) is 3. The van der Waals surface area contributed by atoms with E-state index in [1.165, 1.54) is 0 Å². The molecule has 2 amide bonds. The first-order chi connectivity index (χ1) is 13.1. The topological polar surface area (TPSA) is 79.3 Å².